The largest absolute Gasteiger partial charge is 0.466 e. The molecule has 0 aliphatic carbocycles. The molecule has 0 saturated heterocycles. The molecule has 1 aromatic heterocycles. The maximum atomic E-state index is 12.1. The lowest BCUT2D eigenvalue weighted by Gasteiger charge is -2.28. The van der Waals surface area contributed by atoms with Crippen molar-refractivity contribution < 1.29 is 23.8 Å². The van der Waals surface area contributed by atoms with E-state index in [0.717, 1.165) is 4.90 Å². The number of carbonyl (C=O) groups excluding carboxylic acids is 2. The SMILES string of the molecule is CC(C)(C)OC(=O)N1C(=O)C=C[C@H]1[C@@H](O)c1ccco1. The molecule has 1 aliphatic heterocycles. The molecule has 0 unspecified atom stereocenters. The van der Waals surface area contributed by atoms with Crippen LogP contribution in [-0.4, -0.2) is 33.6 Å². The van der Waals surface area contributed by atoms with E-state index in [0.29, 0.717) is 0 Å². The second kappa shape index (κ2) is 5.13. The molecule has 20 heavy (non-hydrogen) atoms. The third-order valence-electron chi connectivity index (χ3n) is 2.72. The number of nitrogens with zero attached hydrogens (tertiary/aromatic N) is 1. The number of aliphatic hydroxyl groups excluding tert-OH is 1. The molecule has 0 bridgehead atoms. The maximum absolute atomic E-state index is 12.1. The Morgan fingerprint density at radius 2 is 2.20 bits per heavy atom. The van der Waals surface area contributed by atoms with Crippen molar-refractivity contribution in [2.75, 3.05) is 0 Å². The van der Waals surface area contributed by atoms with E-state index < -0.39 is 29.7 Å². The Morgan fingerprint density at radius 3 is 2.75 bits per heavy atom. The van der Waals surface area contributed by atoms with Gasteiger partial charge in [0.05, 0.1) is 12.3 Å². The molecule has 108 valence electrons. The Morgan fingerprint density at radius 1 is 1.50 bits per heavy atom. The highest BCUT2D eigenvalue weighted by Crippen LogP contribution is 2.27. The molecule has 0 spiro atoms. The highest BCUT2D eigenvalue weighted by atomic mass is 16.6. The lowest BCUT2D eigenvalue weighted by Crippen LogP contribution is -2.45. The molecule has 2 amide bonds. The number of rotatable bonds is 2. The van der Waals surface area contributed by atoms with Crippen molar-refractivity contribution in [3.63, 3.8) is 0 Å². The van der Waals surface area contributed by atoms with Gasteiger partial charge in [-0.3, -0.25) is 4.79 Å². The van der Waals surface area contributed by atoms with Gasteiger partial charge in [0.15, 0.2) is 0 Å². The summed E-state index contributed by atoms with van der Waals surface area (Å²) in [5, 5.41) is 10.2. The van der Waals surface area contributed by atoms with Gasteiger partial charge in [0.2, 0.25) is 0 Å². The Hall–Kier alpha value is -2.08. The normalized spacial score (nSPS) is 20.3. The van der Waals surface area contributed by atoms with Crippen molar-refractivity contribution in [2.45, 2.75) is 38.5 Å². The second-order valence-corrected chi connectivity index (χ2v) is 5.50. The van der Waals surface area contributed by atoms with Crippen LogP contribution in [0.5, 0.6) is 0 Å². The quantitative estimate of drug-likeness (QED) is 0.895. The van der Waals surface area contributed by atoms with Gasteiger partial charge in [-0.1, -0.05) is 6.08 Å². The van der Waals surface area contributed by atoms with E-state index in [1.165, 1.54) is 18.4 Å². The molecule has 2 atom stereocenters. The summed E-state index contributed by atoms with van der Waals surface area (Å²) >= 11 is 0. The van der Waals surface area contributed by atoms with Gasteiger partial charge in [-0.05, 0) is 32.9 Å². The first-order valence-corrected chi connectivity index (χ1v) is 6.25. The van der Waals surface area contributed by atoms with E-state index in [2.05, 4.69) is 0 Å². The lowest BCUT2D eigenvalue weighted by atomic mass is 10.1. The van der Waals surface area contributed by atoms with Gasteiger partial charge in [0.25, 0.3) is 5.91 Å². The van der Waals surface area contributed by atoms with Gasteiger partial charge in [-0.15, -0.1) is 0 Å². The van der Waals surface area contributed by atoms with E-state index in [-0.39, 0.29) is 5.76 Å². The summed E-state index contributed by atoms with van der Waals surface area (Å²) in [4.78, 5) is 24.7. The Bertz CT molecular complexity index is 526. The van der Waals surface area contributed by atoms with Crippen molar-refractivity contribution in [1.29, 1.82) is 0 Å². The van der Waals surface area contributed by atoms with Crippen LogP contribution in [0.2, 0.25) is 0 Å². The third kappa shape index (κ3) is 2.91. The first kappa shape index (κ1) is 14.3. The Balaban J connectivity index is 2.18. The topological polar surface area (TPSA) is 80.0 Å². The molecule has 2 rings (SSSR count). The highest BCUT2D eigenvalue weighted by molar-refractivity contribution is 6.01. The van der Waals surface area contributed by atoms with Gasteiger partial charge in [0.1, 0.15) is 17.5 Å². The molecular formula is C14H17NO5. The van der Waals surface area contributed by atoms with Crippen LogP contribution in [0.4, 0.5) is 4.79 Å². The first-order chi connectivity index (χ1) is 9.29. The summed E-state index contributed by atoms with van der Waals surface area (Å²) in [5.41, 5.74) is -0.722. The minimum absolute atomic E-state index is 0.280. The van der Waals surface area contributed by atoms with Crippen LogP contribution in [-0.2, 0) is 9.53 Å². The lowest BCUT2D eigenvalue weighted by molar-refractivity contribution is -0.127. The molecule has 1 aliphatic rings. The molecule has 0 aromatic carbocycles. The first-order valence-electron chi connectivity index (χ1n) is 6.25. The van der Waals surface area contributed by atoms with Crippen LogP contribution in [0.15, 0.2) is 35.0 Å². The van der Waals surface area contributed by atoms with Crippen LogP contribution in [0, 0.1) is 0 Å². The fraction of sp³-hybridized carbons (Fsp3) is 0.429. The average Bonchev–Trinajstić information content (AvgIpc) is 2.94. The van der Waals surface area contributed by atoms with E-state index in [4.69, 9.17) is 9.15 Å². The highest BCUT2D eigenvalue weighted by Gasteiger charge is 2.40. The second-order valence-electron chi connectivity index (χ2n) is 5.50. The fourth-order valence-electron chi connectivity index (χ4n) is 1.89. The number of carbonyl (C=O) groups is 2. The van der Waals surface area contributed by atoms with E-state index in [1.54, 1.807) is 32.9 Å². The number of furan rings is 1. The number of amides is 2. The molecule has 0 radical (unpaired) electrons. The Kier molecular flexibility index (Phi) is 3.67. The van der Waals surface area contributed by atoms with Gasteiger partial charge in [-0.2, -0.15) is 0 Å². The maximum Gasteiger partial charge on any atom is 0.417 e. The summed E-state index contributed by atoms with van der Waals surface area (Å²) in [6.07, 6.45) is 2.19. The van der Waals surface area contributed by atoms with E-state index in [9.17, 15) is 14.7 Å². The van der Waals surface area contributed by atoms with Crippen molar-refractivity contribution in [1.82, 2.24) is 4.90 Å². The van der Waals surface area contributed by atoms with Crippen LogP contribution < -0.4 is 0 Å². The monoisotopic (exact) mass is 279 g/mol. The Labute approximate surface area is 116 Å². The number of ether oxygens (including phenoxy) is 1. The molecule has 1 N–H and O–H groups in total. The van der Waals surface area contributed by atoms with Crippen LogP contribution >= 0.6 is 0 Å². The summed E-state index contributed by atoms with van der Waals surface area (Å²) < 4.78 is 10.3. The fourth-order valence-corrected chi connectivity index (χ4v) is 1.89. The van der Waals surface area contributed by atoms with Crippen molar-refractivity contribution in [3.05, 3.63) is 36.3 Å². The van der Waals surface area contributed by atoms with Crippen LogP contribution in [0.3, 0.4) is 0 Å². The van der Waals surface area contributed by atoms with Crippen LogP contribution in [0.25, 0.3) is 0 Å². The van der Waals surface area contributed by atoms with Gasteiger partial charge >= 0.3 is 6.09 Å². The smallest absolute Gasteiger partial charge is 0.417 e. The average molecular weight is 279 g/mol. The summed E-state index contributed by atoms with van der Waals surface area (Å²) in [6, 6.07) is 2.37. The molecule has 2 heterocycles. The number of hydrogen-bond acceptors (Lipinski definition) is 5. The molecule has 0 fully saturated rings. The van der Waals surface area contributed by atoms with Crippen LogP contribution in [0.1, 0.15) is 32.6 Å². The molecule has 6 nitrogen and oxygen atoms in total. The standard InChI is InChI=1S/C14H17NO5/c1-14(2,3)20-13(18)15-9(6-7-11(15)16)12(17)10-5-4-8-19-10/h4-9,12,17H,1-3H3/t9-,12+/m0/s1. The molecule has 0 saturated carbocycles. The molecule has 1 aromatic rings. The van der Waals surface area contributed by atoms with Gasteiger partial charge in [0, 0.05) is 6.08 Å². The zero-order valence-electron chi connectivity index (χ0n) is 11.6. The predicted molar refractivity (Wildman–Crippen MR) is 69.7 cm³/mol. The summed E-state index contributed by atoms with van der Waals surface area (Å²) in [6.45, 7) is 5.12. The van der Waals surface area contributed by atoms with Gasteiger partial charge < -0.3 is 14.3 Å². The molecule has 6 heteroatoms. The number of hydrogen-bond donors (Lipinski definition) is 1. The molecular weight excluding hydrogens is 262 g/mol. The third-order valence-corrected chi connectivity index (χ3v) is 2.72. The predicted octanol–water partition coefficient (Wildman–Crippen LogP) is 2.02. The number of imide groups is 1. The van der Waals surface area contributed by atoms with E-state index >= 15 is 0 Å². The summed E-state index contributed by atoms with van der Waals surface area (Å²) in [7, 11) is 0. The zero-order chi connectivity index (χ0) is 14.9. The van der Waals surface area contributed by atoms with E-state index in [1.807, 2.05) is 0 Å². The van der Waals surface area contributed by atoms with Gasteiger partial charge in [-0.25, -0.2) is 9.69 Å². The summed E-state index contributed by atoms with van der Waals surface area (Å²) in [5.74, 6) is -0.238. The zero-order valence-corrected chi connectivity index (χ0v) is 11.6. The van der Waals surface area contributed by atoms with Crippen molar-refractivity contribution >= 4 is 12.0 Å². The van der Waals surface area contributed by atoms with Crippen molar-refractivity contribution in [3.8, 4) is 0 Å². The minimum Gasteiger partial charge on any atom is -0.466 e. The number of aliphatic hydroxyl groups is 1. The van der Waals surface area contributed by atoms with Crippen molar-refractivity contribution in [2.24, 2.45) is 0 Å². The minimum atomic E-state index is -1.12.